The van der Waals surface area contributed by atoms with Crippen LogP contribution in [0.25, 0.3) is 0 Å². The van der Waals surface area contributed by atoms with Crippen molar-refractivity contribution in [3.8, 4) is 5.75 Å². The highest BCUT2D eigenvalue weighted by Gasteiger charge is 2.13. The van der Waals surface area contributed by atoms with Gasteiger partial charge in [0, 0.05) is 11.3 Å². The lowest BCUT2D eigenvalue weighted by molar-refractivity contribution is 0.411. The molecule has 0 saturated heterocycles. The smallest absolute Gasteiger partial charge is 0.141 e. The molecular formula is C14H14FNO2S. The van der Waals surface area contributed by atoms with Crippen molar-refractivity contribution in [3.05, 3.63) is 53.8 Å². The largest absolute Gasteiger partial charge is 0.496 e. The molecule has 3 nitrogen and oxygen atoms in total. The highest BCUT2D eigenvalue weighted by molar-refractivity contribution is 7.84. The third-order valence-electron chi connectivity index (χ3n) is 2.68. The monoisotopic (exact) mass is 279 g/mol. The Morgan fingerprint density at radius 3 is 2.68 bits per heavy atom. The predicted octanol–water partition coefficient (Wildman–Crippen LogP) is 2.72. The highest BCUT2D eigenvalue weighted by atomic mass is 32.2. The normalized spacial score (nSPS) is 12.1. The molecule has 0 amide bonds. The molecule has 2 aromatic carbocycles. The van der Waals surface area contributed by atoms with E-state index in [4.69, 9.17) is 10.5 Å². The Labute approximate surface area is 113 Å². The molecule has 1 atom stereocenters. The molecule has 5 heteroatoms. The van der Waals surface area contributed by atoms with Gasteiger partial charge in [0.2, 0.25) is 0 Å². The third kappa shape index (κ3) is 3.12. The zero-order valence-corrected chi connectivity index (χ0v) is 11.2. The summed E-state index contributed by atoms with van der Waals surface area (Å²) in [7, 11) is 0.0705. The molecular weight excluding hydrogens is 265 g/mol. The van der Waals surface area contributed by atoms with Crippen LogP contribution in [-0.2, 0) is 16.6 Å². The summed E-state index contributed by atoms with van der Waals surface area (Å²) in [5.74, 6) is 0.296. The molecule has 0 aliphatic rings. The molecule has 0 fully saturated rings. The van der Waals surface area contributed by atoms with Gasteiger partial charge in [0.05, 0.1) is 28.6 Å². The number of hydrogen-bond acceptors (Lipinski definition) is 3. The van der Waals surface area contributed by atoms with E-state index < -0.39 is 16.6 Å². The van der Waals surface area contributed by atoms with E-state index in [9.17, 15) is 8.60 Å². The van der Waals surface area contributed by atoms with Gasteiger partial charge in [0.15, 0.2) is 0 Å². The van der Waals surface area contributed by atoms with Gasteiger partial charge >= 0.3 is 0 Å². The van der Waals surface area contributed by atoms with E-state index in [0.29, 0.717) is 11.4 Å². The number of ether oxygens (including phenoxy) is 1. The quantitative estimate of drug-likeness (QED) is 0.875. The Balaban J connectivity index is 2.26. The van der Waals surface area contributed by atoms with Gasteiger partial charge in [-0.25, -0.2) is 4.39 Å². The third-order valence-corrected chi connectivity index (χ3v) is 4.08. The van der Waals surface area contributed by atoms with Crippen molar-refractivity contribution < 1.29 is 13.3 Å². The predicted molar refractivity (Wildman–Crippen MR) is 73.9 cm³/mol. The second-order valence-electron chi connectivity index (χ2n) is 3.99. The maximum absolute atomic E-state index is 13.7. The minimum absolute atomic E-state index is 0.153. The van der Waals surface area contributed by atoms with Crippen LogP contribution in [0.3, 0.4) is 0 Å². The molecule has 0 bridgehead atoms. The van der Waals surface area contributed by atoms with Crippen molar-refractivity contribution in [2.24, 2.45) is 0 Å². The minimum atomic E-state index is -1.48. The molecule has 0 aliphatic carbocycles. The van der Waals surface area contributed by atoms with Crippen molar-refractivity contribution in [2.75, 3.05) is 12.8 Å². The van der Waals surface area contributed by atoms with Crippen molar-refractivity contribution >= 4 is 16.5 Å². The molecule has 2 rings (SSSR count). The highest BCUT2D eigenvalue weighted by Crippen LogP contribution is 2.23. The van der Waals surface area contributed by atoms with E-state index in [-0.39, 0.29) is 10.6 Å². The SMILES string of the molecule is COc1ccccc1CS(=O)c1ccc(N)cc1F. The van der Waals surface area contributed by atoms with Crippen LogP contribution in [0.4, 0.5) is 10.1 Å². The second kappa shape index (κ2) is 5.84. The Morgan fingerprint density at radius 2 is 2.00 bits per heavy atom. The van der Waals surface area contributed by atoms with Crippen molar-refractivity contribution in [3.63, 3.8) is 0 Å². The van der Waals surface area contributed by atoms with E-state index in [1.165, 1.54) is 12.1 Å². The molecule has 0 radical (unpaired) electrons. The van der Waals surface area contributed by atoms with E-state index in [1.54, 1.807) is 19.2 Å². The number of para-hydroxylation sites is 1. The number of nitrogens with two attached hydrogens (primary N) is 1. The van der Waals surface area contributed by atoms with Crippen LogP contribution < -0.4 is 10.5 Å². The van der Waals surface area contributed by atoms with E-state index in [0.717, 1.165) is 5.56 Å². The summed E-state index contributed by atoms with van der Waals surface area (Å²) >= 11 is 0. The van der Waals surface area contributed by atoms with Gasteiger partial charge in [0.1, 0.15) is 11.6 Å². The van der Waals surface area contributed by atoms with E-state index in [2.05, 4.69) is 0 Å². The molecule has 0 saturated carbocycles. The first-order chi connectivity index (χ1) is 9.11. The van der Waals surface area contributed by atoms with Crippen LogP contribution in [0.15, 0.2) is 47.4 Å². The Kier molecular flexibility index (Phi) is 4.16. The Hall–Kier alpha value is -1.88. The van der Waals surface area contributed by atoms with Gasteiger partial charge in [-0.15, -0.1) is 0 Å². The molecule has 0 spiro atoms. The summed E-state index contributed by atoms with van der Waals surface area (Å²) in [4.78, 5) is 0.153. The van der Waals surface area contributed by atoms with Gasteiger partial charge in [0.25, 0.3) is 0 Å². The molecule has 1 unspecified atom stereocenters. The Bertz CT molecular complexity index is 616. The van der Waals surface area contributed by atoms with E-state index in [1.807, 2.05) is 18.2 Å². The first kappa shape index (κ1) is 13.5. The molecule has 0 aromatic heterocycles. The maximum atomic E-state index is 13.7. The van der Waals surface area contributed by atoms with E-state index >= 15 is 0 Å². The number of nitrogen functional groups attached to an aromatic ring is 1. The topological polar surface area (TPSA) is 52.3 Å². The number of benzene rings is 2. The van der Waals surface area contributed by atoms with Crippen LogP contribution in [-0.4, -0.2) is 11.3 Å². The number of methoxy groups -OCH3 is 1. The molecule has 19 heavy (non-hydrogen) atoms. The minimum Gasteiger partial charge on any atom is -0.496 e. The van der Waals surface area contributed by atoms with Crippen molar-refractivity contribution in [1.82, 2.24) is 0 Å². The fourth-order valence-electron chi connectivity index (χ4n) is 1.74. The lowest BCUT2D eigenvalue weighted by atomic mass is 10.2. The number of hydrogen-bond donors (Lipinski definition) is 1. The van der Waals surface area contributed by atoms with Crippen LogP contribution in [0.5, 0.6) is 5.75 Å². The standard InChI is InChI=1S/C14H14FNO2S/c1-18-13-5-3-2-4-10(13)9-19(17)14-7-6-11(16)8-12(14)15/h2-8H,9,16H2,1H3. The lowest BCUT2D eigenvalue weighted by Gasteiger charge is -2.08. The zero-order chi connectivity index (χ0) is 13.8. The van der Waals surface area contributed by atoms with Gasteiger partial charge in [-0.3, -0.25) is 4.21 Å². The van der Waals surface area contributed by atoms with Crippen LogP contribution in [0, 0.1) is 5.82 Å². The zero-order valence-electron chi connectivity index (χ0n) is 10.4. The number of anilines is 1. The maximum Gasteiger partial charge on any atom is 0.141 e. The number of rotatable bonds is 4. The van der Waals surface area contributed by atoms with Crippen molar-refractivity contribution in [1.29, 1.82) is 0 Å². The first-order valence-corrected chi connectivity index (χ1v) is 6.99. The summed E-state index contributed by atoms with van der Waals surface area (Å²) in [5.41, 5.74) is 6.56. The molecule has 0 aliphatic heterocycles. The second-order valence-corrected chi connectivity index (χ2v) is 5.41. The summed E-state index contributed by atoms with van der Waals surface area (Å²) < 4.78 is 31.1. The average molecular weight is 279 g/mol. The molecule has 0 heterocycles. The lowest BCUT2D eigenvalue weighted by Crippen LogP contribution is -2.02. The summed E-state index contributed by atoms with van der Waals surface area (Å²) in [6.07, 6.45) is 0. The average Bonchev–Trinajstić information content (AvgIpc) is 2.39. The Morgan fingerprint density at radius 1 is 1.26 bits per heavy atom. The van der Waals surface area contributed by atoms with Crippen LogP contribution in [0.1, 0.15) is 5.56 Å². The van der Waals surface area contributed by atoms with Gasteiger partial charge in [-0.2, -0.15) is 0 Å². The summed E-state index contributed by atoms with van der Waals surface area (Å²) in [5, 5.41) is 0. The van der Waals surface area contributed by atoms with Gasteiger partial charge < -0.3 is 10.5 Å². The molecule has 2 N–H and O–H groups in total. The fourth-order valence-corrected chi connectivity index (χ4v) is 2.92. The van der Waals surface area contributed by atoms with Crippen molar-refractivity contribution in [2.45, 2.75) is 10.6 Å². The number of halogens is 1. The molecule has 2 aromatic rings. The molecule has 100 valence electrons. The van der Waals surface area contributed by atoms with Crippen LogP contribution >= 0.6 is 0 Å². The fraction of sp³-hybridized carbons (Fsp3) is 0.143. The summed E-state index contributed by atoms with van der Waals surface area (Å²) in [6, 6.07) is 11.4. The first-order valence-electron chi connectivity index (χ1n) is 5.67. The summed E-state index contributed by atoms with van der Waals surface area (Å²) in [6.45, 7) is 0. The van der Waals surface area contributed by atoms with Crippen LogP contribution in [0.2, 0.25) is 0 Å². The van der Waals surface area contributed by atoms with Gasteiger partial charge in [-0.1, -0.05) is 18.2 Å². The van der Waals surface area contributed by atoms with Gasteiger partial charge in [-0.05, 0) is 24.3 Å².